The first-order valence-corrected chi connectivity index (χ1v) is 9.18. The summed E-state index contributed by atoms with van der Waals surface area (Å²) in [4.78, 5) is 27.6. The Labute approximate surface area is 158 Å². The summed E-state index contributed by atoms with van der Waals surface area (Å²) in [6.45, 7) is 3.02. The Morgan fingerprint density at radius 3 is 2.52 bits per heavy atom. The Morgan fingerprint density at radius 2 is 1.81 bits per heavy atom. The molecule has 6 heteroatoms. The molecule has 2 aromatic rings. The van der Waals surface area contributed by atoms with Crippen LogP contribution in [0.2, 0.25) is 0 Å². The summed E-state index contributed by atoms with van der Waals surface area (Å²) < 4.78 is 10.7. The SMILES string of the molecule is CCN(C(=O)C1(C(=O)NCc2ccc3c(c2)OCO3)CC1)c1ccccc1. The molecule has 1 saturated carbocycles. The van der Waals surface area contributed by atoms with Crippen molar-refractivity contribution in [2.45, 2.75) is 26.3 Å². The number of hydrogen-bond acceptors (Lipinski definition) is 4. The fraction of sp³-hybridized carbons (Fsp3) is 0.333. The van der Waals surface area contributed by atoms with Gasteiger partial charge in [0.15, 0.2) is 11.5 Å². The maximum absolute atomic E-state index is 13.1. The average molecular weight is 366 g/mol. The van der Waals surface area contributed by atoms with Crippen LogP contribution in [0, 0.1) is 5.41 Å². The van der Waals surface area contributed by atoms with Gasteiger partial charge in [0.05, 0.1) is 0 Å². The molecule has 0 spiro atoms. The first-order valence-electron chi connectivity index (χ1n) is 9.18. The van der Waals surface area contributed by atoms with Crippen molar-refractivity contribution in [3.8, 4) is 11.5 Å². The van der Waals surface area contributed by atoms with Gasteiger partial charge in [-0.15, -0.1) is 0 Å². The number of fused-ring (bicyclic) bond motifs is 1. The van der Waals surface area contributed by atoms with E-state index in [2.05, 4.69) is 5.32 Å². The van der Waals surface area contributed by atoms with Crippen LogP contribution >= 0.6 is 0 Å². The maximum atomic E-state index is 13.1. The van der Waals surface area contributed by atoms with E-state index in [1.165, 1.54) is 0 Å². The highest BCUT2D eigenvalue weighted by atomic mass is 16.7. The van der Waals surface area contributed by atoms with Crippen LogP contribution in [0.3, 0.4) is 0 Å². The third kappa shape index (κ3) is 3.23. The van der Waals surface area contributed by atoms with Gasteiger partial charge < -0.3 is 19.7 Å². The van der Waals surface area contributed by atoms with Crippen LogP contribution in [-0.4, -0.2) is 25.2 Å². The molecule has 0 radical (unpaired) electrons. The van der Waals surface area contributed by atoms with Crippen molar-refractivity contribution < 1.29 is 19.1 Å². The van der Waals surface area contributed by atoms with Crippen molar-refractivity contribution in [3.63, 3.8) is 0 Å². The van der Waals surface area contributed by atoms with Crippen molar-refractivity contribution in [1.82, 2.24) is 5.32 Å². The summed E-state index contributed by atoms with van der Waals surface area (Å²) >= 11 is 0. The molecular formula is C21H22N2O4. The summed E-state index contributed by atoms with van der Waals surface area (Å²) in [5.41, 5.74) is 0.786. The lowest BCUT2D eigenvalue weighted by molar-refractivity contribution is -0.135. The van der Waals surface area contributed by atoms with Crippen molar-refractivity contribution in [1.29, 1.82) is 0 Å². The number of para-hydroxylation sites is 1. The number of carbonyl (C=O) groups is 2. The van der Waals surface area contributed by atoms with E-state index in [1.807, 2.05) is 55.5 Å². The monoisotopic (exact) mass is 366 g/mol. The minimum Gasteiger partial charge on any atom is -0.454 e. The van der Waals surface area contributed by atoms with E-state index in [0.29, 0.717) is 37.4 Å². The molecule has 2 amide bonds. The predicted octanol–water partition coefficient (Wildman–Crippen LogP) is 2.86. The van der Waals surface area contributed by atoms with Crippen molar-refractivity contribution in [2.24, 2.45) is 5.41 Å². The molecule has 140 valence electrons. The molecule has 0 bridgehead atoms. The van der Waals surface area contributed by atoms with Crippen LogP contribution in [0.25, 0.3) is 0 Å². The second kappa shape index (κ2) is 6.95. The van der Waals surface area contributed by atoms with E-state index in [1.54, 1.807) is 4.90 Å². The number of benzene rings is 2. The van der Waals surface area contributed by atoms with E-state index >= 15 is 0 Å². The van der Waals surface area contributed by atoms with Gasteiger partial charge >= 0.3 is 0 Å². The van der Waals surface area contributed by atoms with E-state index in [-0.39, 0.29) is 18.6 Å². The van der Waals surface area contributed by atoms with Gasteiger partial charge in [-0.2, -0.15) is 0 Å². The topological polar surface area (TPSA) is 67.9 Å². The predicted molar refractivity (Wildman–Crippen MR) is 101 cm³/mol. The molecule has 1 aliphatic heterocycles. The molecule has 2 aromatic carbocycles. The molecule has 6 nitrogen and oxygen atoms in total. The normalized spacial score (nSPS) is 15.9. The number of anilines is 1. The quantitative estimate of drug-likeness (QED) is 0.799. The lowest BCUT2D eigenvalue weighted by Gasteiger charge is -2.26. The highest BCUT2D eigenvalue weighted by molar-refractivity contribution is 6.14. The Hall–Kier alpha value is -3.02. The van der Waals surface area contributed by atoms with E-state index in [0.717, 1.165) is 11.3 Å². The maximum Gasteiger partial charge on any atom is 0.242 e. The number of hydrogen-bond donors (Lipinski definition) is 1. The van der Waals surface area contributed by atoms with Crippen LogP contribution < -0.4 is 19.7 Å². The molecule has 27 heavy (non-hydrogen) atoms. The first kappa shape index (κ1) is 17.4. The third-order valence-electron chi connectivity index (χ3n) is 5.11. The van der Waals surface area contributed by atoms with Gasteiger partial charge in [0.1, 0.15) is 5.41 Å². The lowest BCUT2D eigenvalue weighted by Crippen LogP contribution is -2.45. The molecule has 1 heterocycles. The lowest BCUT2D eigenvalue weighted by atomic mass is 10.0. The molecule has 0 aromatic heterocycles. The minimum absolute atomic E-state index is 0.126. The second-order valence-corrected chi connectivity index (χ2v) is 6.84. The van der Waals surface area contributed by atoms with Gasteiger partial charge in [-0.3, -0.25) is 9.59 Å². The van der Waals surface area contributed by atoms with Crippen molar-refractivity contribution in [3.05, 3.63) is 54.1 Å². The summed E-state index contributed by atoms with van der Waals surface area (Å²) in [5.74, 6) is 1.06. The first-order chi connectivity index (χ1) is 13.1. The fourth-order valence-electron chi connectivity index (χ4n) is 3.38. The fourth-order valence-corrected chi connectivity index (χ4v) is 3.38. The third-order valence-corrected chi connectivity index (χ3v) is 5.11. The zero-order chi connectivity index (χ0) is 18.9. The summed E-state index contributed by atoms with van der Waals surface area (Å²) in [6, 6.07) is 15.0. The molecule has 1 aliphatic carbocycles. The molecule has 0 atom stereocenters. The Morgan fingerprint density at radius 1 is 1.07 bits per heavy atom. The molecular weight excluding hydrogens is 344 g/mol. The molecule has 4 rings (SSSR count). The standard InChI is InChI=1S/C21H22N2O4/c1-2-23(16-6-4-3-5-7-16)20(25)21(10-11-21)19(24)22-13-15-8-9-17-18(12-15)27-14-26-17/h3-9,12H,2,10-11,13-14H2,1H3,(H,22,24). The number of nitrogens with zero attached hydrogens (tertiary/aromatic N) is 1. The van der Waals surface area contributed by atoms with E-state index in [9.17, 15) is 9.59 Å². The largest absolute Gasteiger partial charge is 0.454 e. The average Bonchev–Trinajstić information content (AvgIpc) is 3.39. The van der Waals surface area contributed by atoms with Crippen LogP contribution in [0.15, 0.2) is 48.5 Å². The second-order valence-electron chi connectivity index (χ2n) is 6.84. The number of ether oxygens (including phenoxy) is 2. The molecule has 0 saturated heterocycles. The Balaban J connectivity index is 1.44. The van der Waals surface area contributed by atoms with Crippen molar-refractivity contribution in [2.75, 3.05) is 18.2 Å². The van der Waals surface area contributed by atoms with Crippen molar-refractivity contribution >= 4 is 17.5 Å². The summed E-state index contributed by atoms with van der Waals surface area (Å²) in [6.07, 6.45) is 1.17. The molecule has 1 fully saturated rings. The van der Waals surface area contributed by atoms with Crippen LogP contribution in [-0.2, 0) is 16.1 Å². The van der Waals surface area contributed by atoms with Gasteiger partial charge in [0.25, 0.3) is 0 Å². The Kier molecular flexibility index (Phi) is 4.48. The zero-order valence-electron chi connectivity index (χ0n) is 15.2. The number of nitrogens with one attached hydrogen (secondary N) is 1. The van der Waals surface area contributed by atoms with Crippen LogP contribution in [0.4, 0.5) is 5.69 Å². The number of amides is 2. The molecule has 1 N–H and O–H groups in total. The van der Waals surface area contributed by atoms with Gasteiger partial charge in [-0.05, 0) is 49.6 Å². The van der Waals surface area contributed by atoms with Gasteiger partial charge in [-0.1, -0.05) is 24.3 Å². The van der Waals surface area contributed by atoms with Gasteiger partial charge in [0.2, 0.25) is 18.6 Å². The van der Waals surface area contributed by atoms with Crippen LogP contribution in [0.1, 0.15) is 25.3 Å². The number of carbonyl (C=O) groups excluding carboxylic acids is 2. The summed E-state index contributed by atoms with van der Waals surface area (Å²) in [5, 5.41) is 2.92. The van der Waals surface area contributed by atoms with E-state index in [4.69, 9.17) is 9.47 Å². The van der Waals surface area contributed by atoms with Gasteiger partial charge in [0, 0.05) is 18.8 Å². The highest BCUT2D eigenvalue weighted by Gasteiger charge is 2.57. The highest BCUT2D eigenvalue weighted by Crippen LogP contribution is 2.48. The van der Waals surface area contributed by atoms with E-state index < -0.39 is 5.41 Å². The summed E-state index contributed by atoms with van der Waals surface area (Å²) in [7, 11) is 0. The van der Waals surface area contributed by atoms with Crippen LogP contribution in [0.5, 0.6) is 11.5 Å². The Bertz CT molecular complexity index is 862. The molecule has 2 aliphatic rings. The molecule has 0 unspecified atom stereocenters. The van der Waals surface area contributed by atoms with Gasteiger partial charge in [-0.25, -0.2) is 0 Å². The minimum atomic E-state index is -0.942. The zero-order valence-corrected chi connectivity index (χ0v) is 15.2. The number of rotatable bonds is 6. The smallest absolute Gasteiger partial charge is 0.242 e.